The van der Waals surface area contributed by atoms with Gasteiger partial charge >= 0.3 is 0 Å². The molecule has 2 aromatic carbocycles. The minimum atomic E-state index is 0.583. The number of rotatable bonds is 4. The van der Waals surface area contributed by atoms with Gasteiger partial charge in [-0.2, -0.15) is 0 Å². The number of methoxy groups -OCH3 is 1. The highest BCUT2D eigenvalue weighted by Crippen LogP contribution is 2.26. The van der Waals surface area contributed by atoms with Crippen molar-refractivity contribution in [1.29, 1.82) is 0 Å². The van der Waals surface area contributed by atoms with Crippen molar-refractivity contribution in [2.75, 3.05) is 7.11 Å². The van der Waals surface area contributed by atoms with Gasteiger partial charge in [0.15, 0.2) is 0 Å². The molecule has 0 aliphatic heterocycles. The van der Waals surface area contributed by atoms with Gasteiger partial charge in [-0.15, -0.1) is 0 Å². The smallest absolute Gasteiger partial charge is 0.118 e. The minimum Gasteiger partial charge on any atom is -0.497 e. The third-order valence-electron chi connectivity index (χ3n) is 2.78. The minimum absolute atomic E-state index is 0.583. The number of benzene rings is 2. The zero-order valence-corrected chi connectivity index (χ0v) is 11.6. The van der Waals surface area contributed by atoms with Crippen LogP contribution in [0.5, 0.6) is 5.75 Å². The van der Waals surface area contributed by atoms with Crippen molar-refractivity contribution in [3.63, 3.8) is 0 Å². The molecular weight excluding hydrogens is 267 g/mol. The van der Waals surface area contributed by atoms with E-state index in [-0.39, 0.29) is 0 Å². The van der Waals surface area contributed by atoms with E-state index >= 15 is 0 Å². The maximum absolute atomic E-state index is 6.12. The molecule has 18 heavy (non-hydrogen) atoms. The van der Waals surface area contributed by atoms with Gasteiger partial charge in [-0.3, -0.25) is 0 Å². The summed E-state index contributed by atoms with van der Waals surface area (Å²) in [7, 11) is 1.66. The Labute approximate surface area is 117 Å². The van der Waals surface area contributed by atoms with Crippen molar-refractivity contribution in [1.82, 2.24) is 0 Å². The average Bonchev–Trinajstić information content (AvgIpc) is 2.41. The van der Waals surface area contributed by atoms with Crippen molar-refractivity contribution in [3.8, 4) is 5.75 Å². The molecule has 3 heteroatoms. The number of aryl methyl sites for hydroxylation is 2. The van der Waals surface area contributed by atoms with Gasteiger partial charge in [0.1, 0.15) is 5.75 Å². The summed E-state index contributed by atoms with van der Waals surface area (Å²) in [5, 5.41) is 1.19. The van der Waals surface area contributed by atoms with E-state index in [1.807, 2.05) is 12.1 Å². The normalized spacial score (nSPS) is 10.4. The molecule has 0 spiro atoms. The number of hydrogen-bond donors (Lipinski definition) is 0. The highest BCUT2D eigenvalue weighted by molar-refractivity contribution is 6.42. The SMILES string of the molecule is COc1ccc(CCc2[c]ccc(Cl)c2Cl)cc1. The molecule has 93 valence electrons. The van der Waals surface area contributed by atoms with Crippen LogP contribution in [-0.2, 0) is 12.8 Å². The Kier molecular flexibility index (Phi) is 4.51. The second-order valence-corrected chi connectivity index (χ2v) is 4.75. The maximum atomic E-state index is 6.12. The van der Waals surface area contributed by atoms with Crippen LogP contribution >= 0.6 is 23.2 Å². The lowest BCUT2D eigenvalue weighted by Gasteiger charge is -2.06. The van der Waals surface area contributed by atoms with Crippen LogP contribution in [0.4, 0.5) is 0 Å². The lowest BCUT2D eigenvalue weighted by Crippen LogP contribution is -1.93. The maximum Gasteiger partial charge on any atom is 0.118 e. The molecule has 0 amide bonds. The lowest BCUT2D eigenvalue weighted by molar-refractivity contribution is 0.414. The summed E-state index contributed by atoms with van der Waals surface area (Å²) in [5.41, 5.74) is 2.19. The Morgan fingerprint density at radius 3 is 2.44 bits per heavy atom. The summed E-state index contributed by atoms with van der Waals surface area (Å²) < 4.78 is 5.12. The largest absolute Gasteiger partial charge is 0.497 e. The van der Waals surface area contributed by atoms with E-state index < -0.39 is 0 Å². The van der Waals surface area contributed by atoms with Gasteiger partial charge in [-0.05, 0) is 48.2 Å². The molecule has 0 bridgehead atoms. The summed E-state index contributed by atoms with van der Waals surface area (Å²) >= 11 is 12.1. The molecule has 0 aromatic heterocycles. The summed E-state index contributed by atoms with van der Waals surface area (Å²) in [6.07, 6.45) is 1.73. The Morgan fingerprint density at radius 1 is 1.06 bits per heavy atom. The second kappa shape index (κ2) is 6.12. The van der Waals surface area contributed by atoms with Gasteiger partial charge in [0.2, 0.25) is 0 Å². The van der Waals surface area contributed by atoms with Crippen LogP contribution in [0.2, 0.25) is 10.0 Å². The summed E-state index contributed by atoms with van der Waals surface area (Å²) in [4.78, 5) is 0. The van der Waals surface area contributed by atoms with Gasteiger partial charge in [0.05, 0.1) is 17.2 Å². The predicted octanol–water partition coefficient (Wildman–Crippen LogP) is 4.59. The van der Waals surface area contributed by atoms with E-state index in [2.05, 4.69) is 18.2 Å². The van der Waals surface area contributed by atoms with Crippen LogP contribution in [0.25, 0.3) is 0 Å². The van der Waals surface area contributed by atoms with Crippen LogP contribution in [-0.4, -0.2) is 7.11 Å². The standard InChI is InChI=1S/C15H13Cl2O/c1-18-13-9-6-11(7-10-13)5-8-12-3-2-4-14(16)15(12)17/h2,4,6-7,9-10H,5,8H2,1H3. The highest BCUT2D eigenvalue weighted by atomic mass is 35.5. The van der Waals surface area contributed by atoms with Crippen molar-refractivity contribution in [3.05, 3.63) is 63.6 Å². The van der Waals surface area contributed by atoms with Gasteiger partial charge in [-0.1, -0.05) is 41.4 Å². The molecule has 1 radical (unpaired) electrons. The Bertz CT molecular complexity index is 521. The van der Waals surface area contributed by atoms with Gasteiger partial charge in [0, 0.05) is 0 Å². The Morgan fingerprint density at radius 2 is 1.78 bits per heavy atom. The fourth-order valence-electron chi connectivity index (χ4n) is 1.74. The molecule has 0 saturated heterocycles. The molecular formula is C15H13Cl2O. The monoisotopic (exact) mass is 279 g/mol. The molecule has 0 fully saturated rings. The topological polar surface area (TPSA) is 9.23 Å². The number of hydrogen-bond acceptors (Lipinski definition) is 1. The van der Waals surface area contributed by atoms with Gasteiger partial charge in [0.25, 0.3) is 0 Å². The Balaban J connectivity index is 2.04. The fraction of sp³-hybridized carbons (Fsp3) is 0.200. The van der Waals surface area contributed by atoms with E-state index in [4.69, 9.17) is 27.9 Å². The van der Waals surface area contributed by atoms with Crippen molar-refractivity contribution in [2.45, 2.75) is 12.8 Å². The first-order valence-corrected chi connectivity index (χ1v) is 6.44. The van der Waals surface area contributed by atoms with Gasteiger partial charge < -0.3 is 4.74 Å². The second-order valence-electron chi connectivity index (χ2n) is 3.97. The van der Waals surface area contributed by atoms with Crippen molar-refractivity contribution < 1.29 is 4.74 Å². The van der Waals surface area contributed by atoms with Crippen LogP contribution in [0.1, 0.15) is 11.1 Å². The predicted molar refractivity (Wildman–Crippen MR) is 75.7 cm³/mol. The molecule has 0 unspecified atom stereocenters. The first kappa shape index (κ1) is 13.3. The number of halogens is 2. The first-order valence-electron chi connectivity index (χ1n) is 5.68. The van der Waals surface area contributed by atoms with Crippen molar-refractivity contribution >= 4 is 23.2 Å². The fourth-order valence-corrected chi connectivity index (χ4v) is 2.13. The van der Waals surface area contributed by atoms with Crippen molar-refractivity contribution in [2.24, 2.45) is 0 Å². The molecule has 0 N–H and O–H groups in total. The first-order chi connectivity index (χ1) is 8.70. The molecule has 0 saturated carbocycles. The lowest BCUT2D eigenvalue weighted by atomic mass is 10.0. The van der Waals surface area contributed by atoms with Crippen LogP contribution < -0.4 is 4.74 Å². The summed E-state index contributed by atoms with van der Waals surface area (Å²) in [6.45, 7) is 0. The van der Waals surface area contributed by atoms with Crippen LogP contribution in [0.15, 0.2) is 36.4 Å². The van der Waals surface area contributed by atoms with Crippen LogP contribution in [0, 0.1) is 6.07 Å². The summed E-state index contributed by atoms with van der Waals surface area (Å²) in [5.74, 6) is 0.867. The molecule has 0 aliphatic rings. The molecule has 2 aromatic rings. The van der Waals surface area contributed by atoms with E-state index in [0.29, 0.717) is 10.0 Å². The van der Waals surface area contributed by atoms with Gasteiger partial charge in [-0.25, -0.2) is 0 Å². The van der Waals surface area contributed by atoms with E-state index in [9.17, 15) is 0 Å². The molecule has 0 aliphatic carbocycles. The van der Waals surface area contributed by atoms with E-state index in [1.54, 1.807) is 19.2 Å². The third-order valence-corrected chi connectivity index (χ3v) is 3.63. The molecule has 1 nitrogen and oxygen atoms in total. The zero-order chi connectivity index (χ0) is 13.0. The molecule has 2 rings (SSSR count). The molecule has 0 atom stereocenters. The van der Waals surface area contributed by atoms with E-state index in [0.717, 1.165) is 24.2 Å². The van der Waals surface area contributed by atoms with E-state index in [1.165, 1.54) is 5.56 Å². The highest BCUT2D eigenvalue weighted by Gasteiger charge is 2.05. The average molecular weight is 280 g/mol. The quantitative estimate of drug-likeness (QED) is 0.796. The molecule has 0 heterocycles. The van der Waals surface area contributed by atoms with Crippen LogP contribution in [0.3, 0.4) is 0 Å². The number of ether oxygens (including phenoxy) is 1. The summed E-state index contributed by atoms with van der Waals surface area (Å²) in [6, 6.07) is 14.7. The Hall–Kier alpha value is -1.18. The third kappa shape index (κ3) is 3.18. The zero-order valence-electron chi connectivity index (χ0n) is 10.0.